The van der Waals surface area contributed by atoms with Crippen LogP contribution in [0.5, 0.6) is 0 Å². The van der Waals surface area contributed by atoms with Gasteiger partial charge >= 0.3 is 0 Å². The maximum absolute atomic E-state index is 10.9. The lowest BCUT2D eigenvalue weighted by atomic mass is 10.0. The van der Waals surface area contributed by atoms with Gasteiger partial charge in [-0.15, -0.1) is 0 Å². The van der Waals surface area contributed by atoms with Gasteiger partial charge in [-0.25, -0.2) is 0 Å². The summed E-state index contributed by atoms with van der Waals surface area (Å²) in [4.78, 5) is 13.1. The first kappa shape index (κ1) is 14.9. The summed E-state index contributed by atoms with van der Waals surface area (Å²) in [6, 6.07) is 5.58. The number of hydrogen-bond acceptors (Lipinski definition) is 4. The van der Waals surface area contributed by atoms with E-state index in [0.29, 0.717) is 0 Å². The Morgan fingerprint density at radius 3 is 2.75 bits per heavy atom. The van der Waals surface area contributed by atoms with Crippen LogP contribution < -0.4 is 5.32 Å². The Bertz CT molecular complexity index is 456. The third-order valence-corrected chi connectivity index (χ3v) is 3.87. The van der Waals surface area contributed by atoms with Crippen molar-refractivity contribution in [3.63, 3.8) is 0 Å². The highest BCUT2D eigenvalue weighted by atomic mass is 16.6. The number of piperazine rings is 1. The van der Waals surface area contributed by atoms with E-state index in [-0.39, 0.29) is 10.6 Å². The predicted molar refractivity (Wildman–Crippen MR) is 80.1 cm³/mol. The smallest absolute Gasteiger partial charge is 0.272 e. The number of aryl methyl sites for hydroxylation is 2. The highest BCUT2D eigenvalue weighted by Crippen LogP contribution is 2.20. The average Bonchev–Trinajstić information content (AvgIpc) is 2.46. The van der Waals surface area contributed by atoms with E-state index in [1.165, 1.54) is 0 Å². The summed E-state index contributed by atoms with van der Waals surface area (Å²) in [6.07, 6.45) is 3.17. The third kappa shape index (κ3) is 4.28. The average molecular weight is 277 g/mol. The summed E-state index contributed by atoms with van der Waals surface area (Å²) in [6.45, 7) is 7.36. The third-order valence-electron chi connectivity index (χ3n) is 3.87. The van der Waals surface area contributed by atoms with Crippen LogP contribution in [0.1, 0.15) is 24.0 Å². The monoisotopic (exact) mass is 277 g/mol. The Kier molecular flexibility index (Phi) is 5.49. The fourth-order valence-electron chi connectivity index (χ4n) is 2.61. The molecule has 0 radical (unpaired) electrons. The Morgan fingerprint density at radius 2 is 2.05 bits per heavy atom. The van der Waals surface area contributed by atoms with Crippen molar-refractivity contribution < 1.29 is 4.92 Å². The van der Waals surface area contributed by atoms with Gasteiger partial charge in [-0.1, -0.05) is 12.1 Å². The number of nitrogens with zero attached hydrogens (tertiary/aromatic N) is 2. The van der Waals surface area contributed by atoms with E-state index in [0.717, 1.165) is 63.1 Å². The molecular weight excluding hydrogens is 254 g/mol. The van der Waals surface area contributed by atoms with E-state index in [4.69, 9.17) is 0 Å². The van der Waals surface area contributed by atoms with Gasteiger partial charge < -0.3 is 10.2 Å². The zero-order valence-electron chi connectivity index (χ0n) is 12.1. The van der Waals surface area contributed by atoms with E-state index >= 15 is 0 Å². The van der Waals surface area contributed by atoms with E-state index in [1.54, 1.807) is 13.0 Å². The summed E-state index contributed by atoms with van der Waals surface area (Å²) in [5, 5.41) is 14.3. The minimum Gasteiger partial charge on any atom is -0.314 e. The number of hydrogen-bond donors (Lipinski definition) is 1. The van der Waals surface area contributed by atoms with E-state index in [1.807, 2.05) is 12.1 Å². The minimum atomic E-state index is -0.292. The van der Waals surface area contributed by atoms with Gasteiger partial charge in [0.05, 0.1) is 4.92 Å². The zero-order valence-corrected chi connectivity index (χ0v) is 12.1. The molecule has 5 nitrogen and oxygen atoms in total. The van der Waals surface area contributed by atoms with Gasteiger partial charge in [-0.2, -0.15) is 0 Å². The van der Waals surface area contributed by atoms with Crippen LogP contribution in [0, 0.1) is 17.0 Å². The number of benzene rings is 1. The maximum Gasteiger partial charge on any atom is 0.272 e. The molecule has 20 heavy (non-hydrogen) atoms. The molecule has 0 bridgehead atoms. The predicted octanol–water partition coefficient (Wildman–Crippen LogP) is 2.13. The van der Waals surface area contributed by atoms with Crippen molar-refractivity contribution in [2.75, 3.05) is 32.7 Å². The lowest BCUT2D eigenvalue weighted by molar-refractivity contribution is -0.385. The second kappa shape index (κ2) is 7.36. The topological polar surface area (TPSA) is 58.4 Å². The summed E-state index contributed by atoms with van der Waals surface area (Å²) in [5.74, 6) is 0. The highest BCUT2D eigenvalue weighted by Gasteiger charge is 2.11. The van der Waals surface area contributed by atoms with Gasteiger partial charge in [0, 0.05) is 37.8 Å². The van der Waals surface area contributed by atoms with Crippen LogP contribution >= 0.6 is 0 Å². The van der Waals surface area contributed by atoms with Crippen LogP contribution in [0.3, 0.4) is 0 Å². The first-order valence-electron chi connectivity index (χ1n) is 7.34. The molecule has 0 atom stereocenters. The van der Waals surface area contributed by atoms with Gasteiger partial charge in [0.25, 0.3) is 5.69 Å². The number of unbranched alkanes of at least 4 members (excludes halogenated alkanes) is 1. The molecule has 1 saturated heterocycles. The van der Waals surface area contributed by atoms with Gasteiger partial charge in [0.1, 0.15) is 0 Å². The molecule has 1 fully saturated rings. The number of nitro benzene ring substituents is 1. The zero-order chi connectivity index (χ0) is 14.4. The van der Waals surface area contributed by atoms with Crippen molar-refractivity contribution in [2.24, 2.45) is 0 Å². The number of rotatable bonds is 6. The molecule has 1 heterocycles. The molecule has 2 rings (SSSR count). The van der Waals surface area contributed by atoms with Crippen molar-refractivity contribution in [3.8, 4) is 0 Å². The molecule has 0 saturated carbocycles. The highest BCUT2D eigenvalue weighted by molar-refractivity contribution is 5.42. The summed E-state index contributed by atoms with van der Waals surface area (Å²) in [5.41, 5.74) is 2.05. The molecule has 0 unspecified atom stereocenters. The van der Waals surface area contributed by atoms with Crippen molar-refractivity contribution >= 4 is 5.69 Å². The van der Waals surface area contributed by atoms with Crippen LogP contribution in [0.2, 0.25) is 0 Å². The Balaban J connectivity index is 1.76. The van der Waals surface area contributed by atoms with Crippen LogP contribution in [0.25, 0.3) is 0 Å². The van der Waals surface area contributed by atoms with Gasteiger partial charge in [0.15, 0.2) is 0 Å². The fourth-order valence-corrected chi connectivity index (χ4v) is 2.61. The molecule has 110 valence electrons. The largest absolute Gasteiger partial charge is 0.314 e. The lowest BCUT2D eigenvalue weighted by Crippen LogP contribution is -2.43. The minimum absolute atomic E-state index is 0.240. The number of nitro groups is 1. The number of nitrogens with one attached hydrogen (secondary N) is 1. The fraction of sp³-hybridized carbons (Fsp3) is 0.600. The SMILES string of the molecule is Cc1ccc(CCCCN2CCNCC2)cc1[N+](=O)[O-]. The summed E-state index contributed by atoms with van der Waals surface area (Å²) < 4.78 is 0. The second-order valence-electron chi connectivity index (χ2n) is 5.43. The van der Waals surface area contributed by atoms with Crippen LogP contribution in [-0.2, 0) is 6.42 Å². The van der Waals surface area contributed by atoms with Crippen LogP contribution in [0.4, 0.5) is 5.69 Å². The van der Waals surface area contributed by atoms with Gasteiger partial charge in [-0.05, 0) is 38.3 Å². The Morgan fingerprint density at radius 1 is 1.30 bits per heavy atom. The van der Waals surface area contributed by atoms with E-state index in [9.17, 15) is 10.1 Å². The summed E-state index contributed by atoms with van der Waals surface area (Å²) >= 11 is 0. The molecule has 0 aliphatic carbocycles. The van der Waals surface area contributed by atoms with Crippen molar-refractivity contribution in [2.45, 2.75) is 26.2 Å². The molecule has 1 aliphatic rings. The van der Waals surface area contributed by atoms with E-state index < -0.39 is 0 Å². The maximum atomic E-state index is 10.9. The second-order valence-corrected chi connectivity index (χ2v) is 5.43. The molecule has 0 amide bonds. The van der Waals surface area contributed by atoms with Crippen LogP contribution in [0.15, 0.2) is 18.2 Å². The van der Waals surface area contributed by atoms with Crippen molar-refractivity contribution in [1.82, 2.24) is 10.2 Å². The molecule has 0 spiro atoms. The quantitative estimate of drug-likeness (QED) is 0.491. The van der Waals surface area contributed by atoms with Gasteiger partial charge in [-0.3, -0.25) is 10.1 Å². The first-order valence-corrected chi connectivity index (χ1v) is 7.34. The molecule has 1 aromatic carbocycles. The summed E-state index contributed by atoms with van der Waals surface area (Å²) in [7, 11) is 0. The van der Waals surface area contributed by atoms with Crippen molar-refractivity contribution in [3.05, 3.63) is 39.4 Å². The Labute approximate surface area is 120 Å². The molecule has 1 aromatic rings. The molecule has 0 aromatic heterocycles. The van der Waals surface area contributed by atoms with Crippen molar-refractivity contribution in [1.29, 1.82) is 0 Å². The molecule has 1 aliphatic heterocycles. The van der Waals surface area contributed by atoms with Crippen LogP contribution in [-0.4, -0.2) is 42.5 Å². The molecule has 1 N–H and O–H groups in total. The normalized spacial score (nSPS) is 16.2. The Hall–Kier alpha value is -1.46. The van der Waals surface area contributed by atoms with E-state index in [2.05, 4.69) is 10.2 Å². The van der Waals surface area contributed by atoms with Gasteiger partial charge in [0.2, 0.25) is 0 Å². The molecular formula is C15H23N3O2. The standard InChI is InChI=1S/C15H23N3O2/c1-13-5-6-14(12-15(13)18(19)20)4-2-3-9-17-10-7-16-8-11-17/h5-6,12,16H,2-4,7-11H2,1H3. The lowest BCUT2D eigenvalue weighted by Gasteiger charge is -2.27. The first-order chi connectivity index (χ1) is 9.66. The molecule has 5 heteroatoms.